The molecule has 3 aromatic rings. The van der Waals surface area contributed by atoms with E-state index in [1.807, 2.05) is 0 Å². The number of benzene rings is 1. The molecule has 1 aliphatic rings. The summed E-state index contributed by atoms with van der Waals surface area (Å²) in [6, 6.07) is 9.52. The first-order chi connectivity index (χ1) is 19.5. The molecule has 2 aromatic heterocycles. The van der Waals surface area contributed by atoms with Crippen molar-refractivity contribution in [1.29, 1.82) is 0 Å². The van der Waals surface area contributed by atoms with Crippen molar-refractivity contribution in [3.05, 3.63) is 59.1 Å². The van der Waals surface area contributed by atoms with Gasteiger partial charge in [0, 0.05) is 40.0 Å². The van der Waals surface area contributed by atoms with Crippen LogP contribution in [0.15, 0.2) is 58.1 Å². The highest BCUT2D eigenvalue weighted by Crippen LogP contribution is 2.32. The summed E-state index contributed by atoms with van der Waals surface area (Å²) in [6.07, 6.45) is -3.90. The Balaban J connectivity index is 1.70. The summed E-state index contributed by atoms with van der Waals surface area (Å²) in [7, 11) is 0. The fraction of sp³-hybridized carbons (Fsp3) is 0.357. The lowest BCUT2D eigenvalue weighted by Gasteiger charge is -2.43. The first-order valence-electron chi connectivity index (χ1n) is 12.5. The molecule has 1 aliphatic heterocycles. The quantitative estimate of drug-likeness (QED) is 0.287. The zero-order valence-corrected chi connectivity index (χ0v) is 22.6. The molecule has 0 spiro atoms. The van der Waals surface area contributed by atoms with E-state index in [1.54, 1.807) is 24.4 Å². The molecule has 0 radical (unpaired) electrons. The van der Waals surface area contributed by atoms with E-state index in [1.165, 1.54) is 31.4 Å². The van der Waals surface area contributed by atoms with Crippen molar-refractivity contribution in [3.8, 4) is 17.0 Å². The van der Waals surface area contributed by atoms with Crippen molar-refractivity contribution < 1.29 is 52.0 Å². The average molecular weight is 570 g/mol. The molecule has 41 heavy (non-hydrogen) atoms. The van der Waals surface area contributed by atoms with E-state index in [0.29, 0.717) is 5.69 Å². The third-order valence-electron chi connectivity index (χ3n) is 5.89. The average Bonchev–Trinajstić information content (AvgIpc) is 2.91. The predicted molar refractivity (Wildman–Crippen MR) is 138 cm³/mol. The number of fused-ring (bicyclic) bond motifs is 1. The van der Waals surface area contributed by atoms with Crippen LogP contribution in [0, 0.1) is 0 Å². The van der Waals surface area contributed by atoms with E-state index in [9.17, 15) is 24.0 Å². The molecular weight excluding hydrogens is 542 g/mol. The lowest BCUT2D eigenvalue weighted by atomic mass is 9.98. The van der Waals surface area contributed by atoms with E-state index in [2.05, 4.69) is 4.98 Å². The Labute approximate surface area is 233 Å². The van der Waals surface area contributed by atoms with Crippen molar-refractivity contribution in [2.45, 2.75) is 58.4 Å². The largest absolute Gasteiger partial charge is 0.463 e. The lowest BCUT2D eigenvalue weighted by Crippen LogP contribution is -2.63. The molecule has 1 fully saturated rings. The second-order valence-electron chi connectivity index (χ2n) is 9.04. The van der Waals surface area contributed by atoms with Gasteiger partial charge in [-0.1, -0.05) is 6.07 Å². The highest BCUT2D eigenvalue weighted by Gasteiger charge is 2.53. The molecular formula is C28H27NO12. The molecule has 0 saturated carbocycles. The molecule has 13 nitrogen and oxygen atoms in total. The van der Waals surface area contributed by atoms with Crippen LogP contribution in [-0.4, -0.2) is 66.2 Å². The van der Waals surface area contributed by atoms with Gasteiger partial charge in [-0.15, -0.1) is 0 Å². The minimum atomic E-state index is -1.44. The molecule has 0 amide bonds. The molecule has 13 heteroatoms. The van der Waals surface area contributed by atoms with Gasteiger partial charge in [0.1, 0.15) is 30.3 Å². The third kappa shape index (κ3) is 7.06. The maximum absolute atomic E-state index is 13.1. The molecule has 1 saturated heterocycles. The molecule has 1 aromatic carbocycles. The highest BCUT2D eigenvalue weighted by molar-refractivity contribution is 5.82. The number of hydrogen-bond donors (Lipinski definition) is 0. The molecule has 0 unspecified atom stereocenters. The van der Waals surface area contributed by atoms with Crippen molar-refractivity contribution in [3.63, 3.8) is 0 Å². The summed E-state index contributed by atoms with van der Waals surface area (Å²) in [6.45, 7) is 4.13. The highest BCUT2D eigenvalue weighted by atomic mass is 16.7. The van der Waals surface area contributed by atoms with Crippen molar-refractivity contribution in [1.82, 2.24) is 4.98 Å². The van der Waals surface area contributed by atoms with Gasteiger partial charge in [-0.2, -0.15) is 0 Å². The molecule has 0 N–H and O–H groups in total. The van der Waals surface area contributed by atoms with Crippen LogP contribution in [0.3, 0.4) is 0 Å². The van der Waals surface area contributed by atoms with Crippen LogP contribution in [0.25, 0.3) is 22.2 Å². The van der Waals surface area contributed by atoms with Crippen LogP contribution in [-0.2, 0) is 42.9 Å². The van der Waals surface area contributed by atoms with Crippen molar-refractivity contribution in [2.75, 3.05) is 6.61 Å². The Morgan fingerprint density at radius 1 is 0.854 bits per heavy atom. The molecule has 0 bridgehead atoms. The van der Waals surface area contributed by atoms with E-state index >= 15 is 0 Å². The van der Waals surface area contributed by atoms with E-state index in [-0.39, 0.29) is 27.7 Å². The van der Waals surface area contributed by atoms with Gasteiger partial charge in [0.25, 0.3) is 0 Å². The van der Waals surface area contributed by atoms with Gasteiger partial charge in [-0.05, 0) is 24.3 Å². The van der Waals surface area contributed by atoms with E-state index < -0.39 is 61.2 Å². The number of ether oxygens (including phenoxy) is 6. The number of nitrogens with zero attached hydrogens (tertiary/aromatic N) is 1. The SMILES string of the molecule is CC(=O)OC[C@@H]1O[C@@H](Oc2ccc3c(=O)c(-c4ccccn4)coc3c2)[C@@H](OC(C)=O)[C@H](OC(C)=O)[C@H]1OC(C)=O. The number of aromatic nitrogens is 1. The molecule has 216 valence electrons. The zero-order chi connectivity index (χ0) is 29.7. The normalized spacial score (nSPS) is 21.9. The number of carbonyl (C=O) groups is 4. The predicted octanol–water partition coefficient (Wildman–Crippen LogP) is 2.32. The van der Waals surface area contributed by atoms with Gasteiger partial charge >= 0.3 is 23.9 Å². The van der Waals surface area contributed by atoms with Gasteiger partial charge in [0.15, 0.2) is 12.2 Å². The molecule has 3 heterocycles. The van der Waals surface area contributed by atoms with Crippen LogP contribution in [0.5, 0.6) is 5.75 Å². The van der Waals surface area contributed by atoms with Gasteiger partial charge in [0.2, 0.25) is 17.8 Å². The van der Waals surface area contributed by atoms with E-state index in [0.717, 1.165) is 20.8 Å². The fourth-order valence-corrected chi connectivity index (χ4v) is 4.30. The van der Waals surface area contributed by atoms with Crippen molar-refractivity contribution in [2.24, 2.45) is 0 Å². The summed E-state index contributed by atoms with van der Waals surface area (Å²) in [5.74, 6) is -2.80. The topological polar surface area (TPSA) is 167 Å². The Morgan fingerprint density at radius 2 is 1.54 bits per heavy atom. The second kappa shape index (κ2) is 12.6. The summed E-state index contributed by atoms with van der Waals surface area (Å²) >= 11 is 0. The van der Waals surface area contributed by atoms with Crippen LogP contribution in [0.1, 0.15) is 27.7 Å². The van der Waals surface area contributed by atoms with Gasteiger partial charge in [0.05, 0.1) is 16.6 Å². The summed E-state index contributed by atoms with van der Waals surface area (Å²) < 4.78 is 38.8. The number of pyridine rings is 1. The van der Waals surface area contributed by atoms with Crippen LogP contribution in [0.2, 0.25) is 0 Å². The van der Waals surface area contributed by atoms with E-state index in [4.69, 9.17) is 32.8 Å². The standard InChI is InChI=1S/C28H27NO12/c1-14(30)35-13-23-25(37-15(2)31)26(38-16(3)32)27(39-17(4)33)28(41-23)40-18-8-9-19-22(11-18)36-12-20(24(19)34)21-7-5-6-10-29-21/h5-12,23,25-28H,13H2,1-4H3/t23-,25-,26+,27-,28+/m0/s1. The Hall–Kier alpha value is -4.78. The van der Waals surface area contributed by atoms with Gasteiger partial charge in [-0.25, -0.2) is 0 Å². The third-order valence-corrected chi connectivity index (χ3v) is 5.89. The summed E-state index contributed by atoms with van der Waals surface area (Å²) in [5, 5.41) is 0.252. The first kappa shape index (κ1) is 29.2. The Bertz CT molecular complexity index is 1500. The molecule has 0 aliphatic carbocycles. The van der Waals surface area contributed by atoms with Gasteiger partial charge in [-0.3, -0.25) is 29.0 Å². The van der Waals surface area contributed by atoms with Crippen LogP contribution >= 0.6 is 0 Å². The number of carbonyl (C=O) groups excluding carboxylic acids is 4. The summed E-state index contributed by atoms with van der Waals surface area (Å²) in [5.41, 5.74) is 0.578. The Morgan fingerprint density at radius 3 is 2.17 bits per heavy atom. The Kier molecular flexibility index (Phi) is 8.97. The lowest BCUT2D eigenvalue weighted by molar-refractivity contribution is -0.288. The number of hydrogen-bond acceptors (Lipinski definition) is 13. The monoisotopic (exact) mass is 569 g/mol. The maximum Gasteiger partial charge on any atom is 0.303 e. The van der Waals surface area contributed by atoms with Crippen LogP contribution in [0.4, 0.5) is 0 Å². The van der Waals surface area contributed by atoms with Gasteiger partial charge < -0.3 is 32.8 Å². The van der Waals surface area contributed by atoms with Crippen LogP contribution < -0.4 is 10.2 Å². The fourth-order valence-electron chi connectivity index (χ4n) is 4.30. The maximum atomic E-state index is 13.1. The second-order valence-corrected chi connectivity index (χ2v) is 9.04. The summed E-state index contributed by atoms with van der Waals surface area (Å²) in [4.78, 5) is 64.7. The minimum Gasteiger partial charge on any atom is -0.463 e. The number of rotatable bonds is 8. The molecule has 4 rings (SSSR count). The smallest absolute Gasteiger partial charge is 0.303 e. The zero-order valence-electron chi connectivity index (χ0n) is 22.6. The van der Waals surface area contributed by atoms with Crippen molar-refractivity contribution >= 4 is 34.8 Å². The number of esters is 4. The minimum absolute atomic E-state index is 0.132. The first-order valence-corrected chi connectivity index (χ1v) is 12.5. The molecule has 5 atom stereocenters.